The van der Waals surface area contributed by atoms with Crippen LogP contribution in [-0.2, 0) is 0 Å². The van der Waals surface area contributed by atoms with Crippen molar-refractivity contribution in [2.45, 2.75) is 32.1 Å². The first-order valence-electron chi connectivity index (χ1n) is 5.90. The monoisotopic (exact) mass is 238 g/mol. The van der Waals surface area contributed by atoms with Gasteiger partial charge in [-0.15, -0.1) is 9.24 Å². The largest absolute Gasteiger partial charge is 0.402 e. The lowest BCUT2D eigenvalue weighted by Gasteiger charge is -2.19. The van der Waals surface area contributed by atoms with E-state index in [2.05, 4.69) is 28.0 Å². The lowest BCUT2D eigenvalue weighted by Crippen LogP contribution is -2.16. The number of rotatable bonds is 5. The van der Waals surface area contributed by atoms with Crippen LogP contribution in [0.15, 0.2) is 35.3 Å². The van der Waals surface area contributed by atoms with Gasteiger partial charge in [-0.1, -0.05) is 23.5 Å². The first-order chi connectivity index (χ1) is 7.61. The van der Waals surface area contributed by atoms with E-state index in [1.54, 1.807) is 0 Å². The van der Waals surface area contributed by atoms with Crippen LogP contribution in [0.1, 0.15) is 32.1 Å². The van der Waals surface area contributed by atoms with Crippen molar-refractivity contribution in [3.05, 3.63) is 35.3 Å². The van der Waals surface area contributed by atoms with Crippen molar-refractivity contribution in [1.29, 1.82) is 0 Å². The molecule has 0 bridgehead atoms. The lowest BCUT2D eigenvalue weighted by atomic mass is 9.89. The Bertz CT molecular complexity index is 305. The Morgan fingerprint density at radius 3 is 2.81 bits per heavy atom. The molecular weight excluding hydrogens is 215 g/mol. The predicted octanol–water partition coefficient (Wildman–Crippen LogP) is 2.68. The molecule has 0 aromatic carbocycles. The van der Waals surface area contributed by atoms with Crippen LogP contribution in [0.3, 0.4) is 0 Å². The van der Waals surface area contributed by atoms with E-state index < -0.39 is 0 Å². The standard InChI is InChI=1S/C13H23N2P/c1-10(16)2-7-13(15)8-11-3-5-12(9-14)6-4-11/h3,8,12H,1-2,4-7,9,14-16H2/b13-8-. The smallest absolute Gasteiger partial charge is 0.00864 e. The van der Waals surface area contributed by atoms with Crippen LogP contribution in [0, 0.1) is 5.92 Å². The Labute approximate surface area is 101 Å². The molecule has 2 unspecified atom stereocenters. The van der Waals surface area contributed by atoms with Gasteiger partial charge in [-0.3, -0.25) is 0 Å². The van der Waals surface area contributed by atoms with E-state index >= 15 is 0 Å². The molecule has 0 saturated carbocycles. The summed E-state index contributed by atoms with van der Waals surface area (Å²) in [7, 11) is 2.62. The molecule has 0 aromatic heterocycles. The molecule has 0 radical (unpaired) electrons. The van der Waals surface area contributed by atoms with E-state index in [0.717, 1.165) is 43.2 Å². The number of hydrogen-bond acceptors (Lipinski definition) is 2. The van der Waals surface area contributed by atoms with Gasteiger partial charge in [-0.2, -0.15) is 0 Å². The fourth-order valence-corrected chi connectivity index (χ4v) is 2.01. The molecule has 3 heteroatoms. The molecule has 16 heavy (non-hydrogen) atoms. The van der Waals surface area contributed by atoms with Crippen LogP contribution in [-0.4, -0.2) is 6.54 Å². The minimum absolute atomic E-state index is 0.671. The second-order valence-electron chi connectivity index (χ2n) is 4.53. The zero-order valence-electron chi connectivity index (χ0n) is 9.91. The highest BCUT2D eigenvalue weighted by Crippen LogP contribution is 2.24. The molecule has 0 saturated heterocycles. The van der Waals surface area contributed by atoms with E-state index in [-0.39, 0.29) is 0 Å². The lowest BCUT2D eigenvalue weighted by molar-refractivity contribution is 0.484. The maximum Gasteiger partial charge on any atom is 0.00864 e. The van der Waals surface area contributed by atoms with E-state index in [4.69, 9.17) is 11.5 Å². The van der Waals surface area contributed by atoms with Gasteiger partial charge in [0.05, 0.1) is 0 Å². The van der Waals surface area contributed by atoms with Crippen molar-refractivity contribution in [3.63, 3.8) is 0 Å². The summed E-state index contributed by atoms with van der Waals surface area (Å²) in [5.41, 5.74) is 13.9. The first kappa shape index (κ1) is 13.5. The minimum Gasteiger partial charge on any atom is -0.402 e. The summed E-state index contributed by atoms with van der Waals surface area (Å²) in [6, 6.07) is 0. The fourth-order valence-electron chi connectivity index (χ4n) is 1.87. The SMILES string of the molecule is C=C(P)CC/C(N)=C/C1=CCC(CN)CC1. The first-order valence-corrected chi connectivity index (χ1v) is 6.48. The number of hydrogen-bond donors (Lipinski definition) is 2. The van der Waals surface area contributed by atoms with Crippen molar-refractivity contribution in [2.75, 3.05) is 6.54 Å². The Balaban J connectivity index is 2.44. The molecule has 0 heterocycles. The van der Waals surface area contributed by atoms with Crippen LogP contribution < -0.4 is 11.5 Å². The summed E-state index contributed by atoms with van der Waals surface area (Å²) >= 11 is 0. The Morgan fingerprint density at radius 2 is 2.31 bits per heavy atom. The fraction of sp³-hybridized carbons (Fsp3) is 0.538. The predicted molar refractivity (Wildman–Crippen MR) is 74.8 cm³/mol. The molecular formula is C13H23N2P. The van der Waals surface area contributed by atoms with Crippen LogP contribution in [0.2, 0.25) is 0 Å². The van der Waals surface area contributed by atoms with Gasteiger partial charge >= 0.3 is 0 Å². The molecule has 0 amide bonds. The molecule has 2 atom stereocenters. The average Bonchev–Trinajstić information content (AvgIpc) is 2.27. The highest BCUT2D eigenvalue weighted by atomic mass is 31.0. The third kappa shape index (κ3) is 4.96. The van der Waals surface area contributed by atoms with Gasteiger partial charge < -0.3 is 11.5 Å². The van der Waals surface area contributed by atoms with Gasteiger partial charge in [-0.25, -0.2) is 0 Å². The number of nitrogens with two attached hydrogens (primary N) is 2. The van der Waals surface area contributed by atoms with Crippen LogP contribution in [0.25, 0.3) is 0 Å². The summed E-state index contributed by atoms with van der Waals surface area (Å²) in [5.74, 6) is 0.671. The van der Waals surface area contributed by atoms with Crippen molar-refractivity contribution in [3.8, 4) is 0 Å². The van der Waals surface area contributed by atoms with Gasteiger partial charge in [0.15, 0.2) is 0 Å². The summed E-state index contributed by atoms with van der Waals surface area (Å²) in [5, 5.41) is 1.11. The summed E-state index contributed by atoms with van der Waals surface area (Å²) in [6.45, 7) is 4.65. The van der Waals surface area contributed by atoms with Gasteiger partial charge in [0, 0.05) is 5.70 Å². The van der Waals surface area contributed by atoms with Crippen LogP contribution in [0.4, 0.5) is 0 Å². The third-order valence-electron chi connectivity index (χ3n) is 2.99. The van der Waals surface area contributed by atoms with Gasteiger partial charge in [0.25, 0.3) is 0 Å². The molecule has 0 spiro atoms. The minimum atomic E-state index is 0.671. The van der Waals surface area contributed by atoms with Crippen LogP contribution in [0.5, 0.6) is 0 Å². The third-order valence-corrected chi connectivity index (χ3v) is 3.28. The zero-order chi connectivity index (χ0) is 12.0. The molecule has 0 aliphatic heterocycles. The van der Waals surface area contributed by atoms with Gasteiger partial charge in [0.2, 0.25) is 0 Å². The molecule has 4 N–H and O–H groups in total. The van der Waals surface area contributed by atoms with E-state index in [9.17, 15) is 0 Å². The normalized spacial score (nSPS) is 21.8. The van der Waals surface area contributed by atoms with E-state index in [0.29, 0.717) is 5.92 Å². The van der Waals surface area contributed by atoms with Crippen molar-refractivity contribution in [1.82, 2.24) is 0 Å². The Morgan fingerprint density at radius 1 is 1.56 bits per heavy atom. The number of allylic oxidation sites excluding steroid dienone is 5. The van der Waals surface area contributed by atoms with Crippen LogP contribution >= 0.6 is 9.24 Å². The van der Waals surface area contributed by atoms with Crippen molar-refractivity contribution < 1.29 is 0 Å². The Kier molecular flexibility index (Phi) is 5.79. The molecule has 1 aliphatic carbocycles. The Hall–Kier alpha value is -0.590. The quantitative estimate of drug-likeness (QED) is 0.723. The highest BCUT2D eigenvalue weighted by molar-refractivity contribution is 7.22. The molecule has 0 fully saturated rings. The summed E-state index contributed by atoms with van der Waals surface area (Å²) in [4.78, 5) is 0. The molecule has 90 valence electrons. The second-order valence-corrected chi connectivity index (χ2v) is 5.35. The molecule has 2 nitrogen and oxygen atoms in total. The maximum absolute atomic E-state index is 5.97. The maximum atomic E-state index is 5.97. The molecule has 1 aliphatic rings. The average molecular weight is 238 g/mol. The molecule has 0 aromatic rings. The van der Waals surface area contributed by atoms with Gasteiger partial charge in [-0.05, 0) is 50.6 Å². The van der Waals surface area contributed by atoms with Crippen molar-refractivity contribution in [2.24, 2.45) is 17.4 Å². The van der Waals surface area contributed by atoms with Gasteiger partial charge in [0.1, 0.15) is 0 Å². The van der Waals surface area contributed by atoms with Crippen molar-refractivity contribution >= 4 is 9.24 Å². The zero-order valence-corrected chi connectivity index (χ0v) is 11.1. The van der Waals surface area contributed by atoms with E-state index in [1.807, 2.05) is 0 Å². The molecule has 1 rings (SSSR count). The van der Waals surface area contributed by atoms with E-state index in [1.165, 1.54) is 12.0 Å². The summed E-state index contributed by atoms with van der Waals surface area (Å²) < 4.78 is 0. The summed E-state index contributed by atoms with van der Waals surface area (Å²) in [6.07, 6.45) is 9.67. The second kappa shape index (κ2) is 6.88. The topological polar surface area (TPSA) is 52.0 Å². The highest BCUT2D eigenvalue weighted by Gasteiger charge is 2.11.